The van der Waals surface area contributed by atoms with E-state index < -0.39 is 16.8 Å². The van der Waals surface area contributed by atoms with Gasteiger partial charge in [-0.05, 0) is 13.8 Å². The normalized spacial score (nSPS) is 12.6. The van der Waals surface area contributed by atoms with Crippen molar-refractivity contribution >= 4 is 23.6 Å². The first-order chi connectivity index (χ1) is 7.31. The second kappa shape index (κ2) is 6.35. The first-order valence-corrected chi connectivity index (χ1v) is 5.56. The molecular weight excluding hydrogens is 230 g/mol. The highest BCUT2D eigenvalue weighted by Crippen LogP contribution is 2.27. The second-order valence-electron chi connectivity index (χ2n) is 3.64. The highest BCUT2D eigenvalue weighted by molar-refractivity contribution is 8.01. The van der Waals surface area contributed by atoms with Gasteiger partial charge in [0.25, 0.3) is 0 Å². The van der Waals surface area contributed by atoms with Gasteiger partial charge in [0.05, 0.1) is 11.8 Å². The van der Waals surface area contributed by atoms with E-state index in [-0.39, 0.29) is 18.2 Å². The van der Waals surface area contributed by atoms with Crippen molar-refractivity contribution in [3.8, 4) is 6.07 Å². The van der Waals surface area contributed by atoms with E-state index in [1.807, 2.05) is 0 Å². The van der Waals surface area contributed by atoms with Gasteiger partial charge in [-0.1, -0.05) is 0 Å². The number of carboxylic acids is 1. The molecule has 0 aromatic rings. The van der Waals surface area contributed by atoms with Gasteiger partial charge in [-0.2, -0.15) is 5.26 Å². The number of carbonyl (C=O) groups excluding carboxylic acids is 1. The van der Waals surface area contributed by atoms with Crippen molar-refractivity contribution < 1.29 is 14.7 Å². The molecule has 90 valence electrons. The molecular formula is C9H15N3O3S. The van der Waals surface area contributed by atoms with Crippen molar-refractivity contribution in [1.29, 1.82) is 5.26 Å². The number of thioether (sulfide) groups is 1. The van der Waals surface area contributed by atoms with Crippen LogP contribution in [0.1, 0.15) is 13.8 Å². The Hall–Kier alpha value is -1.26. The molecule has 0 aromatic carbocycles. The third-order valence-corrected chi connectivity index (χ3v) is 3.36. The molecule has 0 saturated heterocycles. The Morgan fingerprint density at radius 3 is 2.62 bits per heavy atom. The van der Waals surface area contributed by atoms with Crippen molar-refractivity contribution in [2.75, 3.05) is 12.3 Å². The van der Waals surface area contributed by atoms with E-state index in [4.69, 9.17) is 16.1 Å². The lowest BCUT2D eigenvalue weighted by Crippen LogP contribution is -2.47. The van der Waals surface area contributed by atoms with Crippen molar-refractivity contribution in [2.45, 2.75) is 24.6 Å². The molecule has 0 aliphatic heterocycles. The van der Waals surface area contributed by atoms with Crippen LogP contribution >= 0.6 is 11.8 Å². The molecule has 0 spiro atoms. The topological polar surface area (TPSA) is 116 Å². The van der Waals surface area contributed by atoms with Crippen LogP contribution in [0.4, 0.5) is 0 Å². The summed E-state index contributed by atoms with van der Waals surface area (Å²) in [6, 6.07) is 0.736. The van der Waals surface area contributed by atoms with Gasteiger partial charge in [0, 0.05) is 4.75 Å². The molecule has 0 fully saturated rings. The molecule has 6 nitrogen and oxygen atoms in total. The summed E-state index contributed by atoms with van der Waals surface area (Å²) < 4.78 is -0.740. The molecule has 0 aromatic heterocycles. The quantitative estimate of drug-likeness (QED) is 0.546. The van der Waals surface area contributed by atoms with Gasteiger partial charge in [0.2, 0.25) is 5.91 Å². The largest absolute Gasteiger partial charge is 0.480 e. The number of nitrogens with two attached hydrogens (primary N) is 1. The average Bonchev–Trinajstić information content (AvgIpc) is 2.22. The number of nitrogens with one attached hydrogen (secondary N) is 1. The summed E-state index contributed by atoms with van der Waals surface area (Å²) in [6.45, 7) is 3.27. The Bertz CT molecular complexity index is 312. The van der Waals surface area contributed by atoms with Gasteiger partial charge in [0.15, 0.2) is 0 Å². The number of carboxylic acid groups (broad SMARTS) is 1. The van der Waals surface area contributed by atoms with Crippen LogP contribution in [0.3, 0.4) is 0 Å². The summed E-state index contributed by atoms with van der Waals surface area (Å²) in [5, 5.41) is 19.3. The monoisotopic (exact) mass is 245 g/mol. The summed E-state index contributed by atoms with van der Waals surface area (Å²) in [5.41, 5.74) is 5.48. The first-order valence-electron chi connectivity index (χ1n) is 4.57. The molecule has 0 unspecified atom stereocenters. The zero-order chi connectivity index (χ0) is 12.8. The number of carbonyl (C=O) groups is 2. The lowest BCUT2D eigenvalue weighted by atomic mass is 10.1. The van der Waals surface area contributed by atoms with Gasteiger partial charge in [0.1, 0.15) is 12.6 Å². The number of rotatable bonds is 6. The Kier molecular flexibility index (Phi) is 5.85. The van der Waals surface area contributed by atoms with Gasteiger partial charge >= 0.3 is 5.97 Å². The number of nitrogens with zero attached hydrogens (tertiary/aromatic N) is 1. The molecule has 0 radical (unpaired) electrons. The number of aliphatic carboxylic acids is 1. The van der Waals surface area contributed by atoms with E-state index in [0.29, 0.717) is 0 Å². The lowest BCUT2D eigenvalue weighted by molar-refractivity contribution is -0.139. The van der Waals surface area contributed by atoms with Crippen LogP contribution in [-0.2, 0) is 9.59 Å². The maximum absolute atomic E-state index is 11.2. The molecule has 4 N–H and O–H groups in total. The van der Waals surface area contributed by atoms with Crippen LogP contribution in [0.15, 0.2) is 0 Å². The van der Waals surface area contributed by atoms with E-state index in [1.165, 1.54) is 0 Å². The third-order valence-electron chi connectivity index (χ3n) is 1.95. The molecule has 7 heteroatoms. The van der Waals surface area contributed by atoms with Crippen molar-refractivity contribution in [3.05, 3.63) is 0 Å². The Morgan fingerprint density at radius 2 is 2.19 bits per heavy atom. The predicted octanol–water partition coefficient (Wildman–Crippen LogP) is -0.450. The zero-order valence-electron chi connectivity index (χ0n) is 9.19. The minimum Gasteiger partial charge on any atom is -0.480 e. The Morgan fingerprint density at radius 1 is 1.62 bits per heavy atom. The Balaban J connectivity index is 4.14. The van der Waals surface area contributed by atoms with Crippen molar-refractivity contribution in [2.24, 2.45) is 5.73 Å². The van der Waals surface area contributed by atoms with Gasteiger partial charge in [-0.3, -0.25) is 9.59 Å². The van der Waals surface area contributed by atoms with Crippen LogP contribution < -0.4 is 11.1 Å². The summed E-state index contributed by atoms with van der Waals surface area (Å²) in [4.78, 5) is 21.9. The van der Waals surface area contributed by atoms with Gasteiger partial charge in [-0.15, -0.1) is 11.8 Å². The number of amides is 1. The fourth-order valence-corrected chi connectivity index (χ4v) is 1.71. The number of hydrogen-bond acceptors (Lipinski definition) is 5. The van der Waals surface area contributed by atoms with Crippen LogP contribution in [0.25, 0.3) is 0 Å². The maximum atomic E-state index is 11.2. The second-order valence-corrected chi connectivity index (χ2v) is 5.27. The van der Waals surface area contributed by atoms with E-state index in [2.05, 4.69) is 5.32 Å². The predicted molar refractivity (Wildman–Crippen MR) is 60.8 cm³/mol. The molecule has 0 aliphatic rings. The molecule has 1 amide bonds. The fraction of sp³-hybridized carbons (Fsp3) is 0.667. The number of hydrogen-bond donors (Lipinski definition) is 3. The third kappa shape index (κ3) is 5.00. The van der Waals surface area contributed by atoms with Gasteiger partial charge < -0.3 is 16.2 Å². The Labute approximate surface area is 98.2 Å². The van der Waals surface area contributed by atoms with E-state index in [0.717, 1.165) is 11.8 Å². The van der Waals surface area contributed by atoms with Crippen LogP contribution in [0.2, 0.25) is 0 Å². The fourth-order valence-electron chi connectivity index (χ4n) is 0.828. The average molecular weight is 245 g/mol. The molecule has 1 atom stereocenters. The molecule has 0 aliphatic carbocycles. The van der Waals surface area contributed by atoms with E-state index in [1.54, 1.807) is 19.9 Å². The minimum absolute atomic E-state index is 0.0508. The van der Waals surface area contributed by atoms with Crippen LogP contribution in [0, 0.1) is 11.3 Å². The summed E-state index contributed by atoms with van der Waals surface area (Å²) >= 11 is 1.15. The van der Waals surface area contributed by atoms with Crippen LogP contribution in [0.5, 0.6) is 0 Å². The SMILES string of the molecule is CC(C)(SCC(=O)NCC#N)[C@@H](N)C(=O)O. The smallest absolute Gasteiger partial charge is 0.321 e. The van der Waals surface area contributed by atoms with Gasteiger partial charge in [-0.25, -0.2) is 0 Å². The standard InChI is InChI=1S/C9H15N3O3S/c1-9(2,7(11)8(14)15)16-5-6(13)12-4-3-10/h7H,4-5,11H2,1-2H3,(H,12,13)(H,14,15)/t7-/m0/s1. The summed E-state index contributed by atoms with van der Waals surface area (Å²) in [6.07, 6.45) is 0. The molecule has 0 rings (SSSR count). The summed E-state index contributed by atoms with van der Waals surface area (Å²) in [5.74, 6) is -1.33. The summed E-state index contributed by atoms with van der Waals surface area (Å²) in [7, 11) is 0. The molecule has 16 heavy (non-hydrogen) atoms. The molecule has 0 saturated carbocycles. The zero-order valence-corrected chi connectivity index (χ0v) is 10.0. The minimum atomic E-state index is -1.10. The maximum Gasteiger partial charge on any atom is 0.321 e. The molecule has 0 bridgehead atoms. The first kappa shape index (κ1) is 14.7. The molecule has 0 heterocycles. The van der Waals surface area contributed by atoms with Crippen LogP contribution in [-0.4, -0.2) is 40.1 Å². The van der Waals surface area contributed by atoms with Crippen molar-refractivity contribution in [3.63, 3.8) is 0 Å². The highest BCUT2D eigenvalue weighted by Gasteiger charge is 2.32. The van der Waals surface area contributed by atoms with E-state index in [9.17, 15) is 9.59 Å². The lowest BCUT2D eigenvalue weighted by Gasteiger charge is -2.27. The number of nitriles is 1. The van der Waals surface area contributed by atoms with E-state index >= 15 is 0 Å². The van der Waals surface area contributed by atoms with Crippen molar-refractivity contribution in [1.82, 2.24) is 5.32 Å². The highest BCUT2D eigenvalue weighted by atomic mass is 32.2.